The number of carbonyl (C=O) groups excluding carboxylic acids is 1. The molecule has 0 fully saturated rings. The second kappa shape index (κ2) is 8.01. The Morgan fingerprint density at radius 3 is 2.74 bits per heavy atom. The fraction of sp³-hybridized carbons (Fsp3) is 0.100. The lowest BCUT2D eigenvalue weighted by molar-refractivity contribution is -0.111. The Bertz CT molecular complexity index is 1090. The van der Waals surface area contributed by atoms with E-state index in [0.717, 1.165) is 10.4 Å². The molecule has 27 heavy (non-hydrogen) atoms. The minimum absolute atomic E-state index is 0.338. The van der Waals surface area contributed by atoms with Crippen molar-refractivity contribution in [3.63, 3.8) is 0 Å². The summed E-state index contributed by atoms with van der Waals surface area (Å²) in [5.74, 6) is 0.744. The molecule has 2 heterocycles. The highest BCUT2D eigenvalue weighted by Gasteiger charge is 2.13. The minimum Gasteiger partial charge on any atom is -0.457 e. The molecule has 0 radical (unpaired) electrons. The summed E-state index contributed by atoms with van der Waals surface area (Å²) in [7, 11) is 0. The standard InChI is InChI=1S/C20H14Cl2N2O2S/c1-11-12(2)27-20(16(11)10-23)24-19(25)8-5-14-4-7-18(26-14)15-6-3-13(21)9-17(15)22/h3-9H,1-2H3,(H,24,25)/b8-5+. The quantitative estimate of drug-likeness (QED) is 0.496. The number of aryl methyl sites for hydroxylation is 1. The maximum absolute atomic E-state index is 12.2. The van der Waals surface area contributed by atoms with Crippen molar-refractivity contribution in [3.05, 3.63) is 68.2 Å². The van der Waals surface area contributed by atoms with Crippen LogP contribution in [0.2, 0.25) is 10.0 Å². The molecule has 1 aromatic carbocycles. The van der Waals surface area contributed by atoms with Crippen LogP contribution in [0, 0.1) is 25.2 Å². The molecule has 1 N–H and O–H groups in total. The van der Waals surface area contributed by atoms with Crippen LogP contribution in [-0.4, -0.2) is 5.91 Å². The van der Waals surface area contributed by atoms with Crippen molar-refractivity contribution in [2.45, 2.75) is 13.8 Å². The second-order valence-corrected chi connectivity index (χ2v) is 7.82. The van der Waals surface area contributed by atoms with Gasteiger partial charge in [-0.05, 0) is 55.8 Å². The number of nitrogens with one attached hydrogen (secondary N) is 1. The van der Waals surface area contributed by atoms with E-state index in [4.69, 9.17) is 27.6 Å². The maximum Gasteiger partial charge on any atom is 0.249 e. The number of rotatable bonds is 4. The molecule has 4 nitrogen and oxygen atoms in total. The molecule has 0 bridgehead atoms. The zero-order chi connectivity index (χ0) is 19.6. The van der Waals surface area contributed by atoms with Gasteiger partial charge >= 0.3 is 0 Å². The molecule has 3 rings (SSSR count). The molecule has 1 amide bonds. The number of amides is 1. The van der Waals surface area contributed by atoms with Crippen molar-refractivity contribution in [2.75, 3.05) is 5.32 Å². The summed E-state index contributed by atoms with van der Waals surface area (Å²) in [6.45, 7) is 3.78. The summed E-state index contributed by atoms with van der Waals surface area (Å²) in [6, 6.07) is 10.8. The molecule has 0 aliphatic heterocycles. The van der Waals surface area contributed by atoms with Crippen LogP contribution in [0.5, 0.6) is 0 Å². The van der Waals surface area contributed by atoms with Gasteiger partial charge in [-0.2, -0.15) is 5.26 Å². The molecule has 3 aromatic rings. The first kappa shape index (κ1) is 19.2. The van der Waals surface area contributed by atoms with Gasteiger partial charge in [-0.25, -0.2) is 0 Å². The monoisotopic (exact) mass is 416 g/mol. The van der Waals surface area contributed by atoms with Crippen molar-refractivity contribution in [1.29, 1.82) is 5.26 Å². The highest BCUT2D eigenvalue weighted by Crippen LogP contribution is 2.33. The van der Waals surface area contributed by atoms with E-state index >= 15 is 0 Å². The van der Waals surface area contributed by atoms with Gasteiger partial charge in [-0.3, -0.25) is 4.79 Å². The predicted octanol–water partition coefficient (Wildman–Crippen LogP) is 6.46. The molecule has 0 saturated heterocycles. The summed E-state index contributed by atoms with van der Waals surface area (Å²) in [5.41, 5.74) is 2.10. The van der Waals surface area contributed by atoms with E-state index in [1.54, 1.807) is 36.4 Å². The number of thiophene rings is 1. The number of nitriles is 1. The molecule has 0 aliphatic carbocycles. The average Bonchev–Trinajstić information content (AvgIpc) is 3.18. The van der Waals surface area contributed by atoms with E-state index in [9.17, 15) is 10.1 Å². The number of hydrogen-bond donors (Lipinski definition) is 1. The van der Waals surface area contributed by atoms with E-state index in [0.29, 0.717) is 37.7 Å². The van der Waals surface area contributed by atoms with Crippen LogP contribution < -0.4 is 5.32 Å². The van der Waals surface area contributed by atoms with E-state index in [-0.39, 0.29) is 5.91 Å². The molecule has 7 heteroatoms. The Kier molecular flexibility index (Phi) is 5.71. The highest BCUT2D eigenvalue weighted by atomic mass is 35.5. The number of furan rings is 1. The van der Waals surface area contributed by atoms with Gasteiger partial charge < -0.3 is 9.73 Å². The molecule has 0 spiro atoms. The molecule has 0 atom stereocenters. The zero-order valence-electron chi connectivity index (χ0n) is 14.5. The smallest absolute Gasteiger partial charge is 0.249 e. The third-order valence-corrected chi connectivity index (χ3v) is 5.63. The van der Waals surface area contributed by atoms with Crippen LogP contribution in [0.1, 0.15) is 21.8 Å². The Morgan fingerprint density at radius 2 is 2.04 bits per heavy atom. The molecule has 136 valence electrons. The number of anilines is 1. The van der Waals surface area contributed by atoms with E-state index < -0.39 is 0 Å². The minimum atomic E-state index is -0.338. The van der Waals surface area contributed by atoms with Gasteiger partial charge in [-0.15, -0.1) is 11.3 Å². The van der Waals surface area contributed by atoms with Gasteiger partial charge in [0.05, 0.1) is 10.6 Å². The van der Waals surface area contributed by atoms with Crippen molar-refractivity contribution < 1.29 is 9.21 Å². The maximum atomic E-state index is 12.2. The Balaban J connectivity index is 1.74. The van der Waals surface area contributed by atoms with Crippen LogP contribution in [0.25, 0.3) is 17.4 Å². The van der Waals surface area contributed by atoms with E-state index in [1.165, 1.54) is 17.4 Å². The fourth-order valence-corrected chi connectivity index (χ4v) is 3.95. The summed E-state index contributed by atoms with van der Waals surface area (Å²) in [5, 5.41) is 13.6. The molecule has 0 aliphatic rings. The van der Waals surface area contributed by atoms with Gasteiger partial charge in [-0.1, -0.05) is 23.2 Å². The summed E-state index contributed by atoms with van der Waals surface area (Å²) in [4.78, 5) is 13.2. The van der Waals surface area contributed by atoms with E-state index in [1.807, 2.05) is 13.8 Å². The van der Waals surface area contributed by atoms with Gasteiger partial charge in [0.1, 0.15) is 22.6 Å². The first-order valence-electron chi connectivity index (χ1n) is 7.93. The second-order valence-electron chi connectivity index (χ2n) is 5.75. The Morgan fingerprint density at radius 1 is 1.26 bits per heavy atom. The fourth-order valence-electron chi connectivity index (χ4n) is 2.44. The van der Waals surface area contributed by atoms with Gasteiger partial charge in [0.2, 0.25) is 5.91 Å². The lowest BCUT2D eigenvalue weighted by Crippen LogP contribution is -2.07. The van der Waals surface area contributed by atoms with Gasteiger partial charge in [0.25, 0.3) is 0 Å². The highest BCUT2D eigenvalue weighted by molar-refractivity contribution is 7.16. The number of carbonyl (C=O) groups is 1. The topological polar surface area (TPSA) is 66.0 Å². The third-order valence-electron chi connectivity index (χ3n) is 3.96. The van der Waals surface area contributed by atoms with Crippen molar-refractivity contribution in [1.82, 2.24) is 0 Å². The lowest BCUT2D eigenvalue weighted by Gasteiger charge is -2.01. The van der Waals surface area contributed by atoms with Crippen LogP contribution in [-0.2, 0) is 4.79 Å². The lowest BCUT2D eigenvalue weighted by atomic mass is 10.2. The molecule has 0 saturated carbocycles. The average molecular weight is 417 g/mol. The van der Waals surface area contributed by atoms with E-state index in [2.05, 4.69) is 11.4 Å². The Hall–Kier alpha value is -2.52. The van der Waals surface area contributed by atoms with Crippen molar-refractivity contribution in [3.8, 4) is 17.4 Å². The summed E-state index contributed by atoms with van der Waals surface area (Å²) in [6.07, 6.45) is 2.92. The van der Waals surface area contributed by atoms with Crippen LogP contribution in [0.4, 0.5) is 5.00 Å². The van der Waals surface area contributed by atoms with Crippen molar-refractivity contribution >= 4 is 51.5 Å². The zero-order valence-corrected chi connectivity index (χ0v) is 16.8. The normalized spacial score (nSPS) is 10.9. The largest absolute Gasteiger partial charge is 0.457 e. The summed E-state index contributed by atoms with van der Waals surface area (Å²) >= 11 is 13.5. The number of benzene rings is 1. The molecular weight excluding hydrogens is 403 g/mol. The number of halogens is 2. The first-order valence-corrected chi connectivity index (χ1v) is 9.50. The Labute approximate surface area is 170 Å². The SMILES string of the molecule is Cc1sc(NC(=O)/C=C/c2ccc(-c3ccc(Cl)cc3Cl)o2)c(C#N)c1C. The molecular formula is C20H14Cl2N2O2S. The van der Waals surface area contributed by atoms with Crippen LogP contribution >= 0.6 is 34.5 Å². The van der Waals surface area contributed by atoms with Crippen molar-refractivity contribution in [2.24, 2.45) is 0 Å². The molecule has 2 aromatic heterocycles. The third kappa shape index (κ3) is 4.25. The van der Waals surface area contributed by atoms with Gasteiger partial charge in [0.15, 0.2) is 0 Å². The number of hydrogen-bond acceptors (Lipinski definition) is 4. The van der Waals surface area contributed by atoms with Crippen LogP contribution in [0.15, 0.2) is 40.8 Å². The summed E-state index contributed by atoms with van der Waals surface area (Å²) < 4.78 is 5.72. The van der Waals surface area contributed by atoms with Crippen LogP contribution in [0.3, 0.4) is 0 Å². The van der Waals surface area contributed by atoms with Gasteiger partial charge in [0, 0.05) is 21.5 Å². The molecule has 0 unspecified atom stereocenters. The predicted molar refractivity (Wildman–Crippen MR) is 110 cm³/mol. The first-order chi connectivity index (χ1) is 12.9. The number of nitrogens with zero attached hydrogens (tertiary/aromatic N) is 1.